The molecule has 9 heteroatoms. The van der Waals surface area contributed by atoms with Crippen LogP contribution in [0, 0.1) is 0 Å². The highest BCUT2D eigenvalue weighted by atomic mass is 35.5. The first-order chi connectivity index (χ1) is 13.4. The number of rotatable bonds is 10. The van der Waals surface area contributed by atoms with Gasteiger partial charge >= 0.3 is 0 Å². The molecule has 0 aliphatic heterocycles. The van der Waals surface area contributed by atoms with Gasteiger partial charge in [-0.15, -0.1) is 0 Å². The molecule has 152 valence electrons. The van der Waals surface area contributed by atoms with E-state index >= 15 is 0 Å². The zero-order valence-corrected chi connectivity index (χ0v) is 17.6. The largest absolute Gasteiger partial charge is 0.352 e. The van der Waals surface area contributed by atoms with Crippen LogP contribution in [0.3, 0.4) is 0 Å². The highest BCUT2D eigenvalue weighted by Crippen LogP contribution is 2.26. The van der Waals surface area contributed by atoms with Crippen LogP contribution in [0.4, 0.5) is 5.69 Å². The standard InChI is InChI=1S/C19H23Cl2N3O3S/c20-17-5-3-4-14(18(17)21)10-13-24(28(26)27)16-8-6-15(7-9-16)19(25)23-12-2-1-11-22/h3-9H,1-2,10-13,22H2,(H,23,25)(H,26,27). The number of nitrogens with zero attached hydrogens (tertiary/aromatic N) is 1. The van der Waals surface area contributed by atoms with Crippen molar-refractivity contribution in [2.45, 2.75) is 19.3 Å². The molecule has 6 nitrogen and oxygen atoms in total. The van der Waals surface area contributed by atoms with Gasteiger partial charge in [-0.05, 0) is 61.7 Å². The summed E-state index contributed by atoms with van der Waals surface area (Å²) < 4.78 is 22.8. The number of carbonyl (C=O) groups excluding carboxylic acids is 1. The van der Waals surface area contributed by atoms with E-state index in [9.17, 15) is 13.6 Å². The molecule has 4 N–H and O–H groups in total. The van der Waals surface area contributed by atoms with Crippen LogP contribution in [0.2, 0.25) is 10.0 Å². The molecule has 0 spiro atoms. The molecule has 0 radical (unpaired) electrons. The van der Waals surface area contributed by atoms with Crippen molar-refractivity contribution >= 4 is 46.1 Å². The first kappa shape index (κ1) is 22.6. The number of nitrogens with two attached hydrogens (primary N) is 1. The molecule has 0 aliphatic carbocycles. The van der Waals surface area contributed by atoms with Gasteiger partial charge in [0.1, 0.15) is 0 Å². The van der Waals surface area contributed by atoms with E-state index < -0.39 is 11.3 Å². The van der Waals surface area contributed by atoms with E-state index in [1.807, 2.05) is 6.07 Å². The van der Waals surface area contributed by atoms with Crippen molar-refractivity contribution in [1.29, 1.82) is 0 Å². The van der Waals surface area contributed by atoms with Crippen molar-refractivity contribution in [3.8, 4) is 0 Å². The monoisotopic (exact) mass is 443 g/mol. The Hall–Kier alpha value is -1.64. The van der Waals surface area contributed by atoms with Crippen LogP contribution in [-0.2, 0) is 17.7 Å². The second-order valence-corrected chi connectivity index (χ2v) is 7.78. The summed E-state index contributed by atoms with van der Waals surface area (Å²) in [5.41, 5.74) is 7.23. The van der Waals surface area contributed by atoms with Gasteiger partial charge in [0, 0.05) is 18.7 Å². The molecule has 0 aromatic heterocycles. The van der Waals surface area contributed by atoms with E-state index in [2.05, 4.69) is 5.32 Å². The number of amides is 1. The summed E-state index contributed by atoms with van der Waals surface area (Å²) in [6, 6.07) is 11.8. The van der Waals surface area contributed by atoms with Gasteiger partial charge in [-0.2, -0.15) is 0 Å². The summed E-state index contributed by atoms with van der Waals surface area (Å²) in [5.74, 6) is -0.189. The fourth-order valence-corrected chi connectivity index (χ4v) is 3.58. The Morgan fingerprint density at radius 1 is 1.14 bits per heavy atom. The number of halogens is 2. The first-order valence-electron chi connectivity index (χ1n) is 8.83. The molecule has 0 bridgehead atoms. The molecule has 0 fully saturated rings. The van der Waals surface area contributed by atoms with Gasteiger partial charge in [-0.3, -0.25) is 13.7 Å². The third-order valence-electron chi connectivity index (χ3n) is 4.14. The zero-order chi connectivity index (χ0) is 20.5. The first-order valence-corrected chi connectivity index (χ1v) is 10.7. The van der Waals surface area contributed by atoms with E-state index in [4.69, 9.17) is 28.9 Å². The van der Waals surface area contributed by atoms with E-state index in [1.54, 1.807) is 36.4 Å². The van der Waals surface area contributed by atoms with Gasteiger partial charge in [0.2, 0.25) is 0 Å². The Morgan fingerprint density at radius 3 is 2.50 bits per heavy atom. The number of benzene rings is 2. The maximum Gasteiger partial charge on any atom is 0.261 e. The molecule has 28 heavy (non-hydrogen) atoms. The molecular weight excluding hydrogens is 421 g/mol. The fraction of sp³-hybridized carbons (Fsp3) is 0.316. The van der Waals surface area contributed by atoms with E-state index in [0.29, 0.717) is 40.8 Å². The highest BCUT2D eigenvalue weighted by molar-refractivity contribution is 7.80. The Morgan fingerprint density at radius 2 is 1.86 bits per heavy atom. The van der Waals surface area contributed by atoms with Crippen LogP contribution in [0.15, 0.2) is 42.5 Å². The van der Waals surface area contributed by atoms with E-state index in [-0.39, 0.29) is 12.5 Å². The number of nitrogens with one attached hydrogen (secondary N) is 1. The number of anilines is 1. The van der Waals surface area contributed by atoms with Crippen molar-refractivity contribution in [1.82, 2.24) is 5.32 Å². The summed E-state index contributed by atoms with van der Waals surface area (Å²) in [4.78, 5) is 12.1. The summed E-state index contributed by atoms with van der Waals surface area (Å²) in [6.45, 7) is 1.41. The van der Waals surface area contributed by atoms with Crippen molar-refractivity contribution in [2.75, 3.05) is 23.9 Å². The average Bonchev–Trinajstić information content (AvgIpc) is 2.68. The van der Waals surface area contributed by atoms with Crippen LogP contribution >= 0.6 is 23.2 Å². The molecule has 1 unspecified atom stereocenters. The quantitative estimate of drug-likeness (QED) is 0.385. The zero-order valence-electron chi connectivity index (χ0n) is 15.2. The summed E-state index contributed by atoms with van der Waals surface area (Å²) in [6.07, 6.45) is 2.12. The molecular formula is C19H23Cl2N3O3S. The minimum absolute atomic E-state index is 0.189. The third-order valence-corrected chi connectivity index (χ3v) is 5.77. The smallest absolute Gasteiger partial charge is 0.261 e. The Balaban J connectivity index is 2.02. The normalized spacial score (nSPS) is 11.9. The van der Waals surface area contributed by atoms with Crippen LogP contribution in [0.25, 0.3) is 0 Å². The van der Waals surface area contributed by atoms with Crippen LogP contribution in [-0.4, -0.2) is 34.3 Å². The van der Waals surface area contributed by atoms with Gasteiger partial charge in [0.15, 0.2) is 0 Å². The number of carbonyl (C=O) groups is 1. The lowest BCUT2D eigenvalue weighted by atomic mass is 10.1. The second kappa shape index (κ2) is 11.4. The minimum Gasteiger partial charge on any atom is -0.352 e. The van der Waals surface area contributed by atoms with E-state index in [1.165, 1.54) is 4.31 Å². The molecule has 1 atom stereocenters. The summed E-state index contributed by atoms with van der Waals surface area (Å²) in [7, 11) is 0. The lowest BCUT2D eigenvalue weighted by Gasteiger charge is -2.20. The number of hydrogen-bond acceptors (Lipinski definition) is 3. The molecule has 2 rings (SSSR count). The maximum absolute atomic E-state index is 12.1. The summed E-state index contributed by atoms with van der Waals surface area (Å²) >= 11 is 9.97. The average molecular weight is 444 g/mol. The predicted octanol–water partition coefficient (Wildman–Crippen LogP) is 3.65. The fourth-order valence-electron chi connectivity index (χ4n) is 2.61. The van der Waals surface area contributed by atoms with Crippen LogP contribution in [0.5, 0.6) is 0 Å². The Kier molecular flexibility index (Phi) is 9.21. The van der Waals surface area contributed by atoms with Crippen molar-refractivity contribution < 1.29 is 13.6 Å². The summed E-state index contributed by atoms with van der Waals surface area (Å²) in [5, 5.41) is 3.70. The van der Waals surface area contributed by atoms with Crippen LogP contribution < -0.4 is 15.4 Å². The van der Waals surface area contributed by atoms with Crippen molar-refractivity contribution in [3.63, 3.8) is 0 Å². The predicted molar refractivity (Wildman–Crippen MR) is 115 cm³/mol. The number of hydrogen-bond donors (Lipinski definition) is 3. The molecule has 0 saturated carbocycles. The third kappa shape index (κ3) is 6.46. The van der Waals surface area contributed by atoms with Gasteiger partial charge in [0.25, 0.3) is 17.2 Å². The molecule has 2 aromatic rings. The lowest BCUT2D eigenvalue weighted by Crippen LogP contribution is -2.28. The van der Waals surface area contributed by atoms with Gasteiger partial charge in [-0.25, -0.2) is 4.21 Å². The highest BCUT2D eigenvalue weighted by Gasteiger charge is 2.15. The van der Waals surface area contributed by atoms with E-state index in [0.717, 1.165) is 18.4 Å². The van der Waals surface area contributed by atoms with Gasteiger partial charge in [0.05, 0.1) is 15.7 Å². The minimum atomic E-state index is -2.22. The van der Waals surface area contributed by atoms with Gasteiger partial charge < -0.3 is 11.1 Å². The SMILES string of the molecule is NCCCCNC(=O)c1ccc(N(CCc2cccc(Cl)c2Cl)S(=O)O)cc1. The molecule has 2 aromatic carbocycles. The van der Waals surface area contributed by atoms with Gasteiger partial charge in [-0.1, -0.05) is 35.3 Å². The van der Waals surface area contributed by atoms with Crippen molar-refractivity contribution in [2.24, 2.45) is 5.73 Å². The molecule has 0 saturated heterocycles. The Bertz CT molecular complexity index is 819. The van der Waals surface area contributed by atoms with Crippen molar-refractivity contribution in [3.05, 3.63) is 63.6 Å². The maximum atomic E-state index is 12.1. The Labute approximate surface area is 177 Å². The lowest BCUT2D eigenvalue weighted by molar-refractivity contribution is 0.0953. The topological polar surface area (TPSA) is 95.7 Å². The molecule has 1 amide bonds. The number of unbranched alkanes of at least 4 members (excludes halogenated alkanes) is 1. The van der Waals surface area contributed by atoms with Crippen LogP contribution in [0.1, 0.15) is 28.8 Å². The second-order valence-electron chi connectivity index (χ2n) is 6.09. The molecule has 0 aliphatic rings. The molecule has 0 heterocycles.